The van der Waals surface area contributed by atoms with Crippen LogP contribution >= 0.6 is 27.5 Å². The first-order valence-electron chi connectivity index (χ1n) is 6.64. The predicted molar refractivity (Wildman–Crippen MR) is 92.8 cm³/mol. The smallest absolute Gasteiger partial charge is 0.240 e. The molecule has 0 aliphatic heterocycles. The van der Waals surface area contributed by atoms with Gasteiger partial charge >= 0.3 is 0 Å². The molecule has 0 radical (unpaired) electrons. The Balaban J connectivity index is 1.94. The van der Waals surface area contributed by atoms with Crippen molar-refractivity contribution in [2.45, 2.75) is 4.90 Å². The van der Waals surface area contributed by atoms with E-state index in [0.717, 1.165) is 0 Å². The summed E-state index contributed by atoms with van der Waals surface area (Å²) in [6.07, 6.45) is 0. The molecule has 0 bridgehead atoms. The van der Waals surface area contributed by atoms with Crippen molar-refractivity contribution >= 4 is 37.6 Å². The molecule has 0 aliphatic rings. The number of hydrogen-bond donors (Lipinski definition) is 1. The summed E-state index contributed by atoms with van der Waals surface area (Å²) in [6, 6.07) is 11.5. The molecule has 0 unspecified atom stereocenters. The SMILES string of the molecule is COc1ccc(S(=O)(=O)NCCOc2ccccc2Cl)cc1Br. The standard InChI is InChI=1S/C15H15BrClNO4S/c1-21-14-7-6-11(10-12(14)16)23(19,20)18-8-9-22-15-5-3-2-4-13(15)17/h2-7,10,18H,8-9H2,1H3. The summed E-state index contributed by atoms with van der Waals surface area (Å²) in [5, 5.41) is 0.481. The second kappa shape index (κ2) is 8.01. The molecule has 0 heterocycles. The van der Waals surface area contributed by atoms with Gasteiger partial charge in [-0.1, -0.05) is 23.7 Å². The lowest BCUT2D eigenvalue weighted by Crippen LogP contribution is -2.28. The molecular formula is C15H15BrClNO4S. The predicted octanol–water partition coefficient (Wildman–Crippen LogP) is 3.47. The van der Waals surface area contributed by atoms with Gasteiger partial charge in [0.1, 0.15) is 18.1 Å². The minimum atomic E-state index is -3.62. The highest BCUT2D eigenvalue weighted by Gasteiger charge is 2.15. The van der Waals surface area contributed by atoms with Crippen LogP contribution < -0.4 is 14.2 Å². The van der Waals surface area contributed by atoms with E-state index in [1.807, 2.05) is 0 Å². The fraction of sp³-hybridized carbons (Fsp3) is 0.200. The number of ether oxygens (including phenoxy) is 2. The van der Waals surface area contributed by atoms with Gasteiger partial charge in [-0.15, -0.1) is 0 Å². The minimum Gasteiger partial charge on any atom is -0.496 e. The molecule has 0 fully saturated rings. The zero-order valence-corrected chi connectivity index (χ0v) is 15.4. The third kappa shape index (κ3) is 4.84. The first-order chi connectivity index (χ1) is 10.9. The summed E-state index contributed by atoms with van der Waals surface area (Å²) in [5.74, 6) is 1.08. The van der Waals surface area contributed by atoms with Crippen molar-refractivity contribution in [1.29, 1.82) is 0 Å². The fourth-order valence-corrected chi connectivity index (χ4v) is 3.72. The summed E-state index contributed by atoms with van der Waals surface area (Å²) in [7, 11) is -2.11. The van der Waals surface area contributed by atoms with E-state index in [1.165, 1.54) is 19.2 Å². The Bertz CT molecular complexity index is 783. The number of sulfonamides is 1. The molecule has 0 saturated carbocycles. The Morgan fingerprint density at radius 3 is 2.57 bits per heavy atom. The van der Waals surface area contributed by atoms with E-state index in [-0.39, 0.29) is 18.0 Å². The normalized spacial score (nSPS) is 11.3. The maximum atomic E-state index is 12.2. The zero-order chi connectivity index (χ0) is 16.9. The Hall–Kier alpha value is -1.28. The third-order valence-electron chi connectivity index (χ3n) is 2.92. The van der Waals surface area contributed by atoms with Crippen LogP contribution in [0.3, 0.4) is 0 Å². The average molecular weight is 421 g/mol. The van der Waals surface area contributed by atoms with Gasteiger partial charge in [-0.05, 0) is 46.3 Å². The molecule has 8 heteroatoms. The molecule has 0 aromatic heterocycles. The highest BCUT2D eigenvalue weighted by atomic mass is 79.9. The molecule has 0 aliphatic carbocycles. The van der Waals surface area contributed by atoms with Gasteiger partial charge in [0.05, 0.1) is 21.5 Å². The van der Waals surface area contributed by atoms with Crippen LogP contribution in [0.4, 0.5) is 0 Å². The van der Waals surface area contributed by atoms with Crippen LogP contribution in [0.5, 0.6) is 11.5 Å². The molecule has 2 aromatic rings. The van der Waals surface area contributed by atoms with Gasteiger partial charge in [0, 0.05) is 6.54 Å². The molecule has 2 aromatic carbocycles. The first kappa shape index (κ1) is 18.1. The number of nitrogens with one attached hydrogen (secondary N) is 1. The Labute approximate surface area is 148 Å². The molecule has 0 amide bonds. The summed E-state index contributed by atoms with van der Waals surface area (Å²) >= 11 is 9.22. The Morgan fingerprint density at radius 1 is 1.17 bits per heavy atom. The summed E-state index contributed by atoms with van der Waals surface area (Å²) in [5.41, 5.74) is 0. The van der Waals surface area contributed by atoms with E-state index in [1.54, 1.807) is 30.3 Å². The molecule has 23 heavy (non-hydrogen) atoms. The van der Waals surface area contributed by atoms with Crippen molar-refractivity contribution in [2.24, 2.45) is 0 Å². The van der Waals surface area contributed by atoms with Crippen molar-refractivity contribution in [1.82, 2.24) is 4.72 Å². The second-order valence-electron chi connectivity index (χ2n) is 4.47. The summed E-state index contributed by atoms with van der Waals surface area (Å²) in [4.78, 5) is 0.142. The molecule has 2 rings (SSSR count). The van der Waals surface area contributed by atoms with Crippen molar-refractivity contribution in [3.05, 3.63) is 52.0 Å². The molecule has 1 N–H and O–H groups in total. The summed E-state index contributed by atoms with van der Waals surface area (Å²) in [6.45, 7) is 0.289. The highest BCUT2D eigenvalue weighted by molar-refractivity contribution is 9.10. The van der Waals surface area contributed by atoms with Crippen LogP contribution in [0.15, 0.2) is 51.8 Å². The van der Waals surface area contributed by atoms with Gasteiger partial charge in [0.25, 0.3) is 0 Å². The largest absolute Gasteiger partial charge is 0.496 e. The van der Waals surface area contributed by atoms with Gasteiger partial charge < -0.3 is 9.47 Å². The van der Waals surface area contributed by atoms with E-state index in [9.17, 15) is 8.42 Å². The lowest BCUT2D eigenvalue weighted by atomic mass is 10.3. The quantitative estimate of drug-likeness (QED) is 0.697. The summed E-state index contributed by atoms with van der Waals surface area (Å²) < 4.78 is 38.0. The van der Waals surface area contributed by atoms with Crippen LogP contribution in [0.25, 0.3) is 0 Å². The number of para-hydroxylation sites is 1. The Kier molecular flexibility index (Phi) is 6.29. The van der Waals surface area contributed by atoms with Gasteiger partial charge in [0.2, 0.25) is 10.0 Å². The van der Waals surface area contributed by atoms with Crippen LogP contribution in [0.1, 0.15) is 0 Å². The monoisotopic (exact) mass is 419 g/mol. The lowest BCUT2D eigenvalue weighted by molar-refractivity contribution is 0.323. The number of halogens is 2. The topological polar surface area (TPSA) is 64.6 Å². The number of hydrogen-bond acceptors (Lipinski definition) is 4. The van der Waals surface area contributed by atoms with Gasteiger partial charge in [-0.2, -0.15) is 0 Å². The van der Waals surface area contributed by atoms with Crippen LogP contribution in [-0.2, 0) is 10.0 Å². The van der Waals surface area contributed by atoms with Gasteiger partial charge in [-0.3, -0.25) is 0 Å². The third-order valence-corrected chi connectivity index (χ3v) is 5.31. The van der Waals surface area contributed by atoms with Crippen molar-refractivity contribution in [2.75, 3.05) is 20.3 Å². The van der Waals surface area contributed by atoms with Crippen LogP contribution in [0.2, 0.25) is 5.02 Å². The van der Waals surface area contributed by atoms with Crippen molar-refractivity contribution < 1.29 is 17.9 Å². The second-order valence-corrected chi connectivity index (χ2v) is 7.50. The molecule has 0 spiro atoms. The van der Waals surface area contributed by atoms with Gasteiger partial charge in [-0.25, -0.2) is 13.1 Å². The molecule has 0 saturated heterocycles. The maximum Gasteiger partial charge on any atom is 0.240 e. The Morgan fingerprint density at radius 2 is 1.91 bits per heavy atom. The molecule has 5 nitrogen and oxygen atoms in total. The molecule has 0 atom stereocenters. The average Bonchev–Trinajstić information content (AvgIpc) is 2.53. The van der Waals surface area contributed by atoms with E-state index in [2.05, 4.69) is 20.7 Å². The number of rotatable bonds is 7. The van der Waals surface area contributed by atoms with Gasteiger partial charge in [0.15, 0.2) is 0 Å². The minimum absolute atomic E-state index is 0.122. The fourth-order valence-electron chi connectivity index (χ4n) is 1.80. The molecule has 124 valence electrons. The van der Waals surface area contributed by atoms with Crippen LogP contribution in [0, 0.1) is 0 Å². The first-order valence-corrected chi connectivity index (χ1v) is 9.30. The van der Waals surface area contributed by atoms with Crippen molar-refractivity contribution in [3.8, 4) is 11.5 Å². The van der Waals surface area contributed by atoms with Crippen molar-refractivity contribution in [3.63, 3.8) is 0 Å². The van der Waals surface area contributed by atoms with Crippen LogP contribution in [-0.4, -0.2) is 28.7 Å². The van der Waals surface area contributed by atoms with E-state index >= 15 is 0 Å². The van der Waals surface area contributed by atoms with E-state index < -0.39 is 10.0 Å². The zero-order valence-electron chi connectivity index (χ0n) is 12.3. The number of methoxy groups -OCH3 is 1. The van der Waals surface area contributed by atoms with E-state index in [0.29, 0.717) is 21.0 Å². The lowest BCUT2D eigenvalue weighted by Gasteiger charge is -2.10. The maximum absolute atomic E-state index is 12.2. The molecular weight excluding hydrogens is 406 g/mol. The highest BCUT2D eigenvalue weighted by Crippen LogP contribution is 2.27. The van der Waals surface area contributed by atoms with E-state index in [4.69, 9.17) is 21.1 Å². The number of benzene rings is 2.